The molecule has 0 aliphatic carbocycles. The second kappa shape index (κ2) is 7.85. The second-order valence-electron chi connectivity index (χ2n) is 4.71. The van der Waals surface area contributed by atoms with Crippen LogP contribution in [0.4, 0.5) is 0 Å². The molecule has 0 radical (unpaired) electrons. The van der Waals surface area contributed by atoms with E-state index in [0.29, 0.717) is 5.56 Å². The standard InChI is InChI=1S/C16H18N2O3/c1-12(2)18(11-16(20)21-3)15(19)8-7-13-5-4-6-14(9-13)10-17/h4-9,12H,11H2,1-3H3. The van der Waals surface area contributed by atoms with Crippen LogP contribution in [0, 0.1) is 11.3 Å². The predicted octanol–water partition coefficient (Wildman–Crippen LogP) is 1.98. The van der Waals surface area contributed by atoms with Gasteiger partial charge in [-0.2, -0.15) is 5.26 Å². The lowest BCUT2D eigenvalue weighted by Gasteiger charge is -2.24. The Labute approximate surface area is 124 Å². The van der Waals surface area contributed by atoms with E-state index in [0.717, 1.165) is 5.56 Å². The monoisotopic (exact) mass is 286 g/mol. The molecule has 21 heavy (non-hydrogen) atoms. The number of benzene rings is 1. The molecular formula is C16H18N2O3. The first kappa shape index (κ1) is 16.4. The Bertz CT molecular complexity index is 585. The minimum Gasteiger partial charge on any atom is -0.468 e. The van der Waals surface area contributed by atoms with E-state index in [1.165, 1.54) is 18.1 Å². The molecule has 0 unspecified atom stereocenters. The van der Waals surface area contributed by atoms with Crippen molar-refractivity contribution >= 4 is 18.0 Å². The molecular weight excluding hydrogens is 268 g/mol. The van der Waals surface area contributed by atoms with Gasteiger partial charge in [0.2, 0.25) is 5.91 Å². The van der Waals surface area contributed by atoms with E-state index in [9.17, 15) is 9.59 Å². The molecule has 0 spiro atoms. The Morgan fingerprint density at radius 3 is 2.71 bits per heavy atom. The van der Waals surface area contributed by atoms with Crippen LogP contribution in [-0.4, -0.2) is 36.5 Å². The Hall–Kier alpha value is -2.61. The van der Waals surface area contributed by atoms with Gasteiger partial charge in [-0.15, -0.1) is 0 Å². The Morgan fingerprint density at radius 2 is 2.14 bits per heavy atom. The van der Waals surface area contributed by atoms with Gasteiger partial charge in [0.05, 0.1) is 18.7 Å². The third-order valence-electron chi connectivity index (χ3n) is 2.87. The van der Waals surface area contributed by atoms with Gasteiger partial charge in [0.1, 0.15) is 6.54 Å². The first-order valence-corrected chi connectivity index (χ1v) is 6.53. The molecule has 110 valence electrons. The first-order chi connectivity index (χ1) is 9.97. The van der Waals surface area contributed by atoms with Gasteiger partial charge in [-0.05, 0) is 37.6 Å². The molecule has 1 aromatic rings. The maximum atomic E-state index is 12.1. The number of rotatable bonds is 5. The molecule has 0 fully saturated rings. The van der Waals surface area contributed by atoms with Crippen LogP contribution in [0.1, 0.15) is 25.0 Å². The number of hydrogen-bond donors (Lipinski definition) is 0. The van der Waals surface area contributed by atoms with Crippen LogP contribution in [0.5, 0.6) is 0 Å². The highest BCUT2D eigenvalue weighted by Crippen LogP contribution is 2.08. The molecule has 0 aliphatic rings. The molecule has 1 aromatic carbocycles. The predicted molar refractivity (Wildman–Crippen MR) is 79.1 cm³/mol. The first-order valence-electron chi connectivity index (χ1n) is 6.53. The Morgan fingerprint density at radius 1 is 1.43 bits per heavy atom. The largest absolute Gasteiger partial charge is 0.468 e. The van der Waals surface area contributed by atoms with E-state index in [-0.39, 0.29) is 18.5 Å². The van der Waals surface area contributed by atoms with Gasteiger partial charge in [-0.1, -0.05) is 12.1 Å². The van der Waals surface area contributed by atoms with Crippen LogP contribution < -0.4 is 0 Å². The van der Waals surface area contributed by atoms with E-state index in [1.807, 2.05) is 19.9 Å². The zero-order chi connectivity index (χ0) is 15.8. The number of esters is 1. The van der Waals surface area contributed by atoms with Crippen LogP contribution in [0.3, 0.4) is 0 Å². The van der Waals surface area contributed by atoms with E-state index < -0.39 is 5.97 Å². The van der Waals surface area contributed by atoms with Crippen molar-refractivity contribution in [1.29, 1.82) is 5.26 Å². The number of nitriles is 1. The van der Waals surface area contributed by atoms with Crippen LogP contribution in [0.2, 0.25) is 0 Å². The van der Waals surface area contributed by atoms with E-state index >= 15 is 0 Å². The van der Waals surface area contributed by atoms with Gasteiger partial charge in [0.15, 0.2) is 0 Å². The molecule has 0 heterocycles. The topological polar surface area (TPSA) is 70.4 Å². The minimum atomic E-state index is -0.461. The number of ether oxygens (including phenoxy) is 1. The zero-order valence-electron chi connectivity index (χ0n) is 12.4. The van der Waals surface area contributed by atoms with Crippen LogP contribution >= 0.6 is 0 Å². The molecule has 0 aromatic heterocycles. The highest BCUT2D eigenvalue weighted by molar-refractivity contribution is 5.93. The lowest BCUT2D eigenvalue weighted by Crippen LogP contribution is -2.40. The molecule has 0 atom stereocenters. The average Bonchev–Trinajstić information content (AvgIpc) is 2.49. The summed E-state index contributed by atoms with van der Waals surface area (Å²) < 4.78 is 4.58. The van der Waals surface area contributed by atoms with Crippen molar-refractivity contribution in [3.8, 4) is 6.07 Å². The number of methoxy groups -OCH3 is 1. The lowest BCUT2D eigenvalue weighted by atomic mass is 10.1. The summed E-state index contributed by atoms with van der Waals surface area (Å²) in [5.74, 6) is -0.741. The maximum absolute atomic E-state index is 12.1. The smallest absolute Gasteiger partial charge is 0.325 e. The van der Waals surface area contributed by atoms with Crippen LogP contribution in [0.25, 0.3) is 6.08 Å². The molecule has 5 nitrogen and oxygen atoms in total. The average molecular weight is 286 g/mol. The highest BCUT2D eigenvalue weighted by atomic mass is 16.5. The van der Waals surface area contributed by atoms with Crippen molar-refractivity contribution in [2.24, 2.45) is 0 Å². The molecule has 0 bridgehead atoms. The summed E-state index contributed by atoms with van der Waals surface area (Å²) in [6.07, 6.45) is 3.01. The van der Waals surface area contributed by atoms with E-state index in [1.54, 1.807) is 30.3 Å². The van der Waals surface area contributed by atoms with E-state index in [2.05, 4.69) is 4.74 Å². The molecule has 1 rings (SSSR count). The maximum Gasteiger partial charge on any atom is 0.325 e. The summed E-state index contributed by atoms with van der Waals surface area (Å²) in [5.41, 5.74) is 1.28. The van der Waals surface area contributed by atoms with Gasteiger partial charge in [-0.25, -0.2) is 0 Å². The molecule has 5 heteroatoms. The Balaban J connectivity index is 2.83. The fourth-order valence-electron chi connectivity index (χ4n) is 1.69. The summed E-state index contributed by atoms with van der Waals surface area (Å²) >= 11 is 0. The third kappa shape index (κ3) is 5.11. The molecule has 0 saturated carbocycles. The molecule has 0 N–H and O–H groups in total. The summed E-state index contributed by atoms with van der Waals surface area (Å²) in [6, 6.07) is 8.84. The summed E-state index contributed by atoms with van der Waals surface area (Å²) in [6.45, 7) is 3.56. The fourth-order valence-corrected chi connectivity index (χ4v) is 1.69. The number of nitrogens with zero attached hydrogens (tertiary/aromatic N) is 2. The molecule has 0 saturated heterocycles. The van der Waals surface area contributed by atoms with Crippen molar-refractivity contribution < 1.29 is 14.3 Å². The number of hydrogen-bond acceptors (Lipinski definition) is 4. The quantitative estimate of drug-likeness (QED) is 0.613. The summed E-state index contributed by atoms with van der Waals surface area (Å²) in [5, 5.41) is 8.83. The van der Waals surface area contributed by atoms with Gasteiger partial charge in [-0.3, -0.25) is 9.59 Å². The molecule has 0 aliphatic heterocycles. The van der Waals surface area contributed by atoms with Crippen molar-refractivity contribution in [2.75, 3.05) is 13.7 Å². The van der Waals surface area contributed by atoms with Crippen LogP contribution in [0.15, 0.2) is 30.3 Å². The van der Waals surface area contributed by atoms with Crippen LogP contribution in [-0.2, 0) is 14.3 Å². The Kier molecular flexibility index (Phi) is 6.15. The normalized spacial score (nSPS) is 10.4. The zero-order valence-corrected chi connectivity index (χ0v) is 12.4. The lowest BCUT2D eigenvalue weighted by molar-refractivity contribution is -0.146. The van der Waals surface area contributed by atoms with Gasteiger partial charge in [0.25, 0.3) is 0 Å². The fraction of sp³-hybridized carbons (Fsp3) is 0.312. The van der Waals surface area contributed by atoms with Gasteiger partial charge < -0.3 is 9.64 Å². The van der Waals surface area contributed by atoms with Crippen molar-refractivity contribution in [3.63, 3.8) is 0 Å². The number of carbonyl (C=O) groups excluding carboxylic acids is 2. The number of carbonyl (C=O) groups is 2. The van der Waals surface area contributed by atoms with Gasteiger partial charge in [0, 0.05) is 12.1 Å². The SMILES string of the molecule is COC(=O)CN(C(=O)C=Cc1cccc(C#N)c1)C(C)C. The summed E-state index contributed by atoms with van der Waals surface area (Å²) in [7, 11) is 1.29. The van der Waals surface area contributed by atoms with Crippen molar-refractivity contribution in [1.82, 2.24) is 4.90 Å². The third-order valence-corrected chi connectivity index (χ3v) is 2.87. The second-order valence-corrected chi connectivity index (χ2v) is 4.71. The van der Waals surface area contributed by atoms with Gasteiger partial charge >= 0.3 is 5.97 Å². The van der Waals surface area contributed by atoms with Crippen molar-refractivity contribution in [2.45, 2.75) is 19.9 Å². The van der Waals surface area contributed by atoms with Crippen molar-refractivity contribution in [3.05, 3.63) is 41.5 Å². The number of amides is 1. The molecule has 1 amide bonds. The minimum absolute atomic E-state index is 0.0877. The summed E-state index contributed by atoms with van der Waals surface area (Å²) in [4.78, 5) is 24.9. The highest BCUT2D eigenvalue weighted by Gasteiger charge is 2.18. The van der Waals surface area contributed by atoms with E-state index in [4.69, 9.17) is 5.26 Å².